The number of amides is 1. The van der Waals surface area contributed by atoms with E-state index in [1.165, 1.54) is 23.1 Å². The fraction of sp³-hybridized carbons (Fsp3) is 0.158. The van der Waals surface area contributed by atoms with E-state index in [-0.39, 0.29) is 28.3 Å². The molecule has 5 N–H and O–H groups in total. The number of aromatic nitrogens is 3. The van der Waals surface area contributed by atoms with Crippen molar-refractivity contribution in [3.63, 3.8) is 0 Å². The number of para-hydroxylation sites is 2. The van der Waals surface area contributed by atoms with E-state index >= 15 is 0 Å². The molecular weight excluding hydrogens is 454 g/mol. The van der Waals surface area contributed by atoms with Gasteiger partial charge in [0.1, 0.15) is 17.1 Å². The normalized spacial score (nSPS) is 17.2. The molecule has 3 heterocycles. The van der Waals surface area contributed by atoms with Crippen molar-refractivity contribution in [2.24, 2.45) is 15.7 Å². The topological polar surface area (TPSA) is 156 Å². The molecule has 3 aromatic rings. The molecule has 1 aliphatic rings. The summed E-state index contributed by atoms with van der Waals surface area (Å²) in [6.45, 7) is 1.72. The van der Waals surface area contributed by atoms with E-state index in [0.29, 0.717) is 21.9 Å². The largest absolute Gasteiger partial charge is 0.423 e. The second-order valence-electron chi connectivity index (χ2n) is 6.54. The zero-order valence-corrected chi connectivity index (χ0v) is 18.5. The van der Waals surface area contributed by atoms with Crippen LogP contribution in [0.25, 0.3) is 11.1 Å². The van der Waals surface area contributed by atoms with E-state index in [2.05, 4.69) is 41.1 Å². The number of anilines is 2. The molecular formula is C19H18ClN9O2S. The molecule has 4 rings (SSSR count). The first-order valence-electron chi connectivity index (χ1n) is 9.29. The Hall–Kier alpha value is -3.77. The quantitative estimate of drug-likeness (QED) is 0.413. The maximum atomic E-state index is 13.0. The second-order valence-corrected chi connectivity index (χ2v) is 7.78. The van der Waals surface area contributed by atoms with Crippen molar-refractivity contribution in [2.45, 2.75) is 13.0 Å². The van der Waals surface area contributed by atoms with Crippen LogP contribution in [0.5, 0.6) is 0 Å². The lowest BCUT2D eigenvalue weighted by Crippen LogP contribution is -2.42. The predicted molar refractivity (Wildman–Crippen MR) is 125 cm³/mol. The SMILES string of the molecule is CN=C/C(Cl)=C(\N)C1N=C(Nc2nc3ccccc3o2)NC(C)=C1C(=O)Nc1nncs1. The molecule has 0 spiro atoms. The van der Waals surface area contributed by atoms with Gasteiger partial charge in [-0.15, -0.1) is 10.2 Å². The lowest BCUT2D eigenvalue weighted by molar-refractivity contribution is -0.113. The first kappa shape index (κ1) is 21.5. The number of carbonyl (C=O) groups is 1. The molecule has 0 saturated carbocycles. The molecule has 1 aromatic carbocycles. The Morgan fingerprint density at radius 1 is 1.41 bits per heavy atom. The first-order valence-corrected chi connectivity index (χ1v) is 10.5. The fourth-order valence-electron chi connectivity index (χ4n) is 3.00. The number of halogens is 1. The van der Waals surface area contributed by atoms with Crippen LogP contribution in [0.4, 0.5) is 11.1 Å². The third kappa shape index (κ3) is 4.45. The highest BCUT2D eigenvalue weighted by Crippen LogP contribution is 2.25. The van der Waals surface area contributed by atoms with Gasteiger partial charge in [0.15, 0.2) is 5.58 Å². The summed E-state index contributed by atoms with van der Waals surface area (Å²) in [4.78, 5) is 25.8. The van der Waals surface area contributed by atoms with Crippen molar-refractivity contribution in [3.8, 4) is 0 Å². The highest BCUT2D eigenvalue weighted by atomic mass is 35.5. The number of nitrogens with zero attached hydrogens (tertiary/aromatic N) is 5. The number of carbonyl (C=O) groups excluding carboxylic acids is 1. The highest BCUT2D eigenvalue weighted by Gasteiger charge is 2.32. The van der Waals surface area contributed by atoms with E-state index in [1.54, 1.807) is 20.0 Å². The summed E-state index contributed by atoms with van der Waals surface area (Å²) in [5.41, 5.74) is 10.0. The molecule has 11 nitrogen and oxygen atoms in total. The number of hydrogen-bond donors (Lipinski definition) is 4. The molecule has 1 atom stereocenters. The number of guanidine groups is 1. The molecule has 164 valence electrons. The average molecular weight is 472 g/mol. The van der Waals surface area contributed by atoms with Gasteiger partial charge < -0.3 is 15.5 Å². The smallest absolute Gasteiger partial charge is 0.302 e. The van der Waals surface area contributed by atoms with Crippen LogP contribution in [0.15, 0.2) is 66.2 Å². The Morgan fingerprint density at radius 2 is 2.22 bits per heavy atom. The van der Waals surface area contributed by atoms with Crippen LogP contribution in [0, 0.1) is 0 Å². The molecule has 0 aliphatic carbocycles. The van der Waals surface area contributed by atoms with E-state index in [4.69, 9.17) is 21.8 Å². The molecule has 1 unspecified atom stereocenters. The lowest BCUT2D eigenvalue weighted by atomic mass is 10.00. The summed E-state index contributed by atoms with van der Waals surface area (Å²) < 4.78 is 5.69. The minimum Gasteiger partial charge on any atom is -0.423 e. The predicted octanol–water partition coefficient (Wildman–Crippen LogP) is 2.44. The van der Waals surface area contributed by atoms with E-state index in [0.717, 1.165) is 0 Å². The van der Waals surface area contributed by atoms with Gasteiger partial charge in [-0.3, -0.25) is 20.4 Å². The van der Waals surface area contributed by atoms with Crippen molar-refractivity contribution in [1.82, 2.24) is 20.5 Å². The van der Waals surface area contributed by atoms with Gasteiger partial charge in [-0.1, -0.05) is 35.1 Å². The Balaban J connectivity index is 1.68. The number of fused-ring (bicyclic) bond motifs is 1. The van der Waals surface area contributed by atoms with Crippen molar-refractivity contribution < 1.29 is 9.21 Å². The minimum atomic E-state index is -0.901. The third-order valence-corrected chi connectivity index (χ3v) is 5.32. The molecule has 0 fully saturated rings. The minimum absolute atomic E-state index is 0.150. The van der Waals surface area contributed by atoms with Gasteiger partial charge in [0.2, 0.25) is 11.1 Å². The molecule has 0 bridgehead atoms. The molecule has 32 heavy (non-hydrogen) atoms. The van der Waals surface area contributed by atoms with Crippen LogP contribution in [-0.4, -0.2) is 46.4 Å². The Morgan fingerprint density at radius 3 is 2.94 bits per heavy atom. The molecule has 1 aliphatic heterocycles. The Labute approximate surface area is 191 Å². The lowest BCUT2D eigenvalue weighted by Gasteiger charge is -2.26. The number of allylic oxidation sites excluding steroid dienone is 2. The molecule has 0 radical (unpaired) electrons. The molecule has 1 amide bonds. The van der Waals surface area contributed by atoms with Crippen LogP contribution in [-0.2, 0) is 4.79 Å². The summed E-state index contributed by atoms with van der Waals surface area (Å²) in [5, 5.41) is 16.8. The molecule has 2 aromatic heterocycles. The number of nitrogens with one attached hydrogen (secondary N) is 3. The van der Waals surface area contributed by atoms with Gasteiger partial charge in [0.05, 0.1) is 16.3 Å². The Bertz CT molecular complexity index is 1240. The van der Waals surface area contributed by atoms with Crippen molar-refractivity contribution in [2.75, 3.05) is 17.7 Å². The second kappa shape index (κ2) is 9.16. The number of benzene rings is 1. The summed E-state index contributed by atoms with van der Waals surface area (Å²) in [5.74, 6) is -0.158. The van der Waals surface area contributed by atoms with Crippen LogP contribution in [0.3, 0.4) is 0 Å². The maximum absolute atomic E-state index is 13.0. The standard InChI is InChI=1S/C19H18ClN9O2S/c1-9-13(16(30)27-19-29-23-8-32-19)15(14(21)10(20)7-22-2)26-17(24-9)28-18-25-11-5-3-4-6-12(11)31-18/h3-8,15H,21H2,1-2H3,(H,27,29,30)(H2,24,25,26,28)/b14-10+,22-7?. The fourth-order valence-corrected chi connectivity index (χ4v) is 3.64. The monoisotopic (exact) mass is 471 g/mol. The van der Waals surface area contributed by atoms with Crippen molar-refractivity contribution >= 4 is 63.3 Å². The number of nitrogens with two attached hydrogens (primary N) is 1. The number of aliphatic imine (C=N–C) groups is 2. The van der Waals surface area contributed by atoms with Gasteiger partial charge in [-0.25, -0.2) is 4.99 Å². The van der Waals surface area contributed by atoms with Crippen LogP contribution in [0.1, 0.15) is 6.92 Å². The first-order chi connectivity index (χ1) is 15.5. The summed E-state index contributed by atoms with van der Waals surface area (Å²) in [6.07, 6.45) is 1.39. The highest BCUT2D eigenvalue weighted by molar-refractivity contribution is 7.13. The van der Waals surface area contributed by atoms with E-state index in [1.807, 2.05) is 18.2 Å². The number of hydrogen-bond acceptors (Lipinski definition) is 11. The van der Waals surface area contributed by atoms with Crippen LogP contribution < -0.4 is 21.7 Å². The maximum Gasteiger partial charge on any atom is 0.302 e. The van der Waals surface area contributed by atoms with Crippen LogP contribution >= 0.6 is 22.9 Å². The molecule has 0 saturated heterocycles. The van der Waals surface area contributed by atoms with Gasteiger partial charge in [-0.05, 0) is 19.1 Å². The van der Waals surface area contributed by atoms with Gasteiger partial charge in [0.25, 0.3) is 5.91 Å². The van der Waals surface area contributed by atoms with Crippen molar-refractivity contribution in [3.05, 3.63) is 51.8 Å². The van der Waals surface area contributed by atoms with E-state index < -0.39 is 11.9 Å². The zero-order valence-electron chi connectivity index (χ0n) is 17.0. The third-order valence-electron chi connectivity index (χ3n) is 4.40. The Kier molecular flexibility index (Phi) is 6.14. The van der Waals surface area contributed by atoms with Gasteiger partial charge in [-0.2, -0.15) is 4.98 Å². The van der Waals surface area contributed by atoms with Gasteiger partial charge >= 0.3 is 6.01 Å². The number of rotatable bonds is 5. The summed E-state index contributed by atoms with van der Waals surface area (Å²) >= 11 is 7.46. The molecule has 13 heteroatoms. The van der Waals surface area contributed by atoms with Crippen LogP contribution in [0.2, 0.25) is 0 Å². The summed E-state index contributed by atoms with van der Waals surface area (Å²) in [6, 6.07) is 6.67. The summed E-state index contributed by atoms with van der Waals surface area (Å²) in [7, 11) is 1.56. The average Bonchev–Trinajstić information content (AvgIpc) is 3.41. The zero-order chi connectivity index (χ0) is 22.7. The van der Waals surface area contributed by atoms with Crippen molar-refractivity contribution in [1.29, 1.82) is 0 Å². The van der Waals surface area contributed by atoms with E-state index in [9.17, 15) is 4.79 Å². The number of oxazole rings is 1. The van der Waals surface area contributed by atoms with Gasteiger partial charge in [0, 0.05) is 19.0 Å².